The quantitative estimate of drug-likeness (QED) is 0.382. The van der Waals surface area contributed by atoms with Gasteiger partial charge in [-0.2, -0.15) is 0 Å². The van der Waals surface area contributed by atoms with Crippen molar-refractivity contribution in [2.75, 3.05) is 24.5 Å². The third-order valence-electron chi connectivity index (χ3n) is 10.6. The number of carboxylic acid groups (broad SMARTS) is 1. The van der Waals surface area contributed by atoms with Crippen LogP contribution in [-0.4, -0.2) is 46.2 Å². The number of piperidine rings is 1. The van der Waals surface area contributed by atoms with Crippen LogP contribution in [0.3, 0.4) is 0 Å². The molecule has 1 N–H and O–H groups in total. The molecule has 2 unspecified atom stereocenters. The summed E-state index contributed by atoms with van der Waals surface area (Å²) in [5.41, 5.74) is 7.43. The molecule has 0 spiro atoms. The van der Waals surface area contributed by atoms with Crippen molar-refractivity contribution in [3.05, 3.63) is 64.8 Å². The second-order valence-corrected chi connectivity index (χ2v) is 12.9. The van der Waals surface area contributed by atoms with Gasteiger partial charge in [-0.1, -0.05) is 43.5 Å². The molecule has 3 aliphatic heterocycles. The first-order valence-corrected chi connectivity index (χ1v) is 15.5. The number of hydrogen-bond acceptors (Lipinski definition) is 3. The second kappa shape index (κ2) is 9.99. The Morgan fingerprint density at radius 3 is 2.41 bits per heavy atom. The maximum atomic E-state index is 12.0. The maximum Gasteiger partial charge on any atom is 0.335 e. The molecule has 206 valence electrons. The fourth-order valence-electron chi connectivity index (χ4n) is 8.64. The number of anilines is 1. The fourth-order valence-corrected chi connectivity index (χ4v) is 8.64. The number of likely N-dealkylation sites (tertiary alicyclic amines) is 1. The van der Waals surface area contributed by atoms with Crippen LogP contribution in [-0.2, 0) is 6.54 Å². The van der Waals surface area contributed by atoms with Crippen LogP contribution in [0, 0.1) is 5.92 Å². The van der Waals surface area contributed by atoms with E-state index >= 15 is 0 Å². The highest BCUT2D eigenvalue weighted by Gasteiger charge is 2.45. The van der Waals surface area contributed by atoms with E-state index in [1.807, 2.05) is 12.1 Å². The molecule has 3 aromatic rings. The Morgan fingerprint density at radius 2 is 1.67 bits per heavy atom. The van der Waals surface area contributed by atoms with Gasteiger partial charge in [0.1, 0.15) is 0 Å². The minimum absolute atomic E-state index is 0.278. The van der Waals surface area contributed by atoms with E-state index in [-0.39, 0.29) is 6.04 Å². The number of aryl methyl sites for hydroxylation is 1. The van der Waals surface area contributed by atoms with Crippen LogP contribution in [0.25, 0.3) is 10.9 Å². The van der Waals surface area contributed by atoms with E-state index < -0.39 is 5.97 Å². The molecule has 0 radical (unpaired) electrons. The SMILES string of the molecule is CC(C)N1CCC(c2cn3c4c(cccc24)C2C(C4CCCCC4)c4ccc(C(=O)O)cc4N2CCC3)CC1. The molecule has 4 aliphatic rings. The van der Waals surface area contributed by atoms with Gasteiger partial charge in [0.15, 0.2) is 0 Å². The van der Waals surface area contributed by atoms with Crippen LogP contribution in [0.5, 0.6) is 0 Å². The molecular formula is C34H43N3O2. The second-order valence-electron chi connectivity index (χ2n) is 12.9. The zero-order chi connectivity index (χ0) is 26.7. The highest BCUT2D eigenvalue weighted by Crippen LogP contribution is 2.57. The van der Waals surface area contributed by atoms with Crippen molar-refractivity contribution < 1.29 is 9.90 Å². The van der Waals surface area contributed by atoms with Crippen molar-refractivity contribution in [3.63, 3.8) is 0 Å². The summed E-state index contributed by atoms with van der Waals surface area (Å²) < 4.78 is 2.59. The summed E-state index contributed by atoms with van der Waals surface area (Å²) in [6, 6.07) is 14.0. The molecule has 2 atom stereocenters. The first kappa shape index (κ1) is 25.2. The predicted molar refractivity (Wildman–Crippen MR) is 158 cm³/mol. The summed E-state index contributed by atoms with van der Waals surface area (Å²) in [7, 11) is 0. The van der Waals surface area contributed by atoms with E-state index in [2.05, 4.69) is 58.7 Å². The van der Waals surface area contributed by atoms with E-state index in [1.54, 1.807) is 5.56 Å². The summed E-state index contributed by atoms with van der Waals surface area (Å²) in [5, 5.41) is 11.3. The molecule has 1 aliphatic carbocycles. The van der Waals surface area contributed by atoms with E-state index in [0.29, 0.717) is 29.4 Å². The zero-order valence-corrected chi connectivity index (χ0v) is 23.6. The third-order valence-corrected chi connectivity index (χ3v) is 10.6. The molecule has 39 heavy (non-hydrogen) atoms. The minimum Gasteiger partial charge on any atom is -0.478 e. The van der Waals surface area contributed by atoms with Gasteiger partial charge in [-0.05, 0) is 99.7 Å². The van der Waals surface area contributed by atoms with E-state index in [1.165, 1.54) is 85.8 Å². The summed E-state index contributed by atoms with van der Waals surface area (Å²) in [5.74, 6) is 0.879. The Hall–Kier alpha value is -2.79. The zero-order valence-electron chi connectivity index (χ0n) is 23.6. The molecule has 0 amide bonds. The molecule has 1 saturated heterocycles. The molecule has 0 bridgehead atoms. The van der Waals surface area contributed by atoms with Gasteiger partial charge in [0.2, 0.25) is 0 Å². The van der Waals surface area contributed by atoms with Crippen LogP contribution in [0.4, 0.5) is 5.69 Å². The first-order chi connectivity index (χ1) is 19.0. The molecular weight excluding hydrogens is 482 g/mol. The van der Waals surface area contributed by atoms with Crippen molar-refractivity contribution >= 4 is 22.6 Å². The number of para-hydroxylation sites is 1. The Morgan fingerprint density at radius 1 is 0.872 bits per heavy atom. The first-order valence-electron chi connectivity index (χ1n) is 15.5. The highest BCUT2D eigenvalue weighted by molar-refractivity contribution is 5.91. The van der Waals surface area contributed by atoms with Gasteiger partial charge in [0.25, 0.3) is 0 Å². The van der Waals surface area contributed by atoms with Crippen LogP contribution in [0.1, 0.15) is 110 Å². The summed E-state index contributed by atoms with van der Waals surface area (Å²) >= 11 is 0. The van der Waals surface area contributed by atoms with Gasteiger partial charge in [-0.25, -0.2) is 4.79 Å². The molecule has 5 nitrogen and oxygen atoms in total. The number of benzene rings is 2. The molecule has 1 saturated carbocycles. The average Bonchev–Trinajstić information content (AvgIpc) is 3.48. The largest absolute Gasteiger partial charge is 0.478 e. The smallest absolute Gasteiger partial charge is 0.335 e. The van der Waals surface area contributed by atoms with Crippen molar-refractivity contribution in [2.24, 2.45) is 5.92 Å². The standard InChI is InChI=1S/C34H43N3O2/c1-22(2)35-18-14-23(15-19-35)29-21-36-16-7-17-37-30-20-25(34(38)39)12-13-27(30)31(24-8-4-3-5-9-24)33(37)28-11-6-10-26(29)32(28)36/h6,10-13,20-24,31,33H,3-5,7-9,14-19H2,1-2H3,(H,38,39). The Bertz CT molecular complexity index is 1380. The number of aromatic nitrogens is 1. The maximum absolute atomic E-state index is 12.0. The number of fused-ring (bicyclic) bond motifs is 4. The monoisotopic (exact) mass is 525 g/mol. The lowest BCUT2D eigenvalue weighted by Gasteiger charge is -2.37. The minimum atomic E-state index is -0.827. The average molecular weight is 526 g/mol. The normalized spacial score (nSPS) is 24.5. The van der Waals surface area contributed by atoms with Gasteiger partial charge in [-0.3, -0.25) is 0 Å². The van der Waals surface area contributed by atoms with Crippen molar-refractivity contribution in [1.29, 1.82) is 0 Å². The molecule has 2 fully saturated rings. The number of rotatable bonds is 4. The number of carboxylic acids is 1. The lowest BCUT2D eigenvalue weighted by atomic mass is 9.73. The predicted octanol–water partition coefficient (Wildman–Crippen LogP) is 7.56. The fraction of sp³-hybridized carbons (Fsp3) is 0.559. The summed E-state index contributed by atoms with van der Waals surface area (Å²) in [4.78, 5) is 17.2. The van der Waals surface area contributed by atoms with Gasteiger partial charge in [0, 0.05) is 42.3 Å². The van der Waals surface area contributed by atoms with Crippen molar-refractivity contribution in [3.8, 4) is 0 Å². The van der Waals surface area contributed by atoms with Crippen molar-refractivity contribution in [1.82, 2.24) is 9.47 Å². The molecule has 7 rings (SSSR count). The number of carbonyl (C=O) groups is 1. The summed E-state index contributed by atoms with van der Waals surface area (Å²) in [6.07, 6.45) is 12.6. The summed E-state index contributed by atoms with van der Waals surface area (Å²) in [6.45, 7) is 9.01. The van der Waals surface area contributed by atoms with Crippen LogP contribution in [0.15, 0.2) is 42.6 Å². The van der Waals surface area contributed by atoms with Crippen LogP contribution < -0.4 is 4.90 Å². The number of aromatic carboxylic acids is 1. The number of hydrogen-bond donors (Lipinski definition) is 1. The third kappa shape index (κ3) is 4.20. The van der Waals surface area contributed by atoms with Crippen LogP contribution in [0.2, 0.25) is 0 Å². The van der Waals surface area contributed by atoms with Gasteiger partial charge in [0.05, 0.1) is 17.1 Å². The molecule has 4 heterocycles. The lowest BCUT2D eigenvalue weighted by Crippen LogP contribution is -2.37. The highest BCUT2D eigenvalue weighted by atomic mass is 16.4. The Kier molecular flexibility index (Phi) is 6.46. The van der Waals surface area contributed by atoms with E-state index in [0.717, 1.165) is 19.5 Å². The van der Waals surface area contributed by atoms with Crippen LogP contribution >= 0.6 is 0 Å². The van der Waals surface area contributed by atoms with Gasteiger partial charge < -0.3 is 19.5 Å². The lowest BCUT2D eigenvalue weighted by molar-refractivity contribution is 0.0697. The van der Waals surface area contributed by atoms with Gasteiger partial charge in [-0.15, -0.1) is 0 Å². The molecule has 1 aromatic heterocycles. The topological polar surface area (TPSA) is 48.7 Å². The van der Waals surface area contributed by atoms with E-state index in [4.69, 9.17) is 0 Å². The van der Waals surface area contributed by atoms with Crippen molar-refractivity contribution in [2.45, 2.75) is 95.7 Å². The van der Waals surface area contributed by atoms with Gasteiger partial charge >= 0.3 is 5.97 Å². The van der Waals surface area contributed by atoms with E-state index in [9.17, 15) is 9.90 Å². The Balaban J connectivity index is 1.35. The molecule has 2 aromatic carbocycles. The number of nitrogens with zero attached hydrogens (tertiary/aromatic N) is 3. The Labute approximate surface area is 232 Å². The molecule has 5 heteroatoms.